The molecule has 1 N–H and O–H groups in total. The molecule has 3 rings (SSSR count). The fraction of sp³-hybridized carbons (Fsp3) is 0.200. The maximum absolute atomic E-state index is 12.3. The number of aryl methyl sites for hydroxylation is 3. The molecule has 0 saturated carbocycles. The molecule has 0 aliphatic rings. The number of carbonyl (C=O) groups excluding carboxylic acids is 1. The average Bonchev–Trinajstić information content (AvgIpc) is 2.54. The van der Waals surface area contributed by atoms with Crippen molar-refractivity contribution < 1.29 is 9.21 Å². The Kier molecular flexibility index (Phi) is 4.21. The summed E-state index contributed by atoms with van der Waals surface area (Å²) in [7, 11) is 0. The molecule has 0 radical (unpaired) electrons. The van der Waals surface area contributed by atoms with Crippen LogP contribution in [-0.4, -0.2) is 5.91 Å². The highest BCUT2D eigenvalue weighted by Crippen LogP contribution is 2.21. The van der Waals surface area contributed by atoms with Gasteiger partial charge in [0.2, 0.25) is 0 Å². The first-order valence-corrected chi connectivity index (χ1v) is 7.83. The van der Waals surface area contributed by atoms with Gasteiger partial charge in [-0.2, -0.15) is 0 Å². The van der Waals surface area contributed by atoms with Gasteiger partial charge in [-0.3, -0.25) is 4.79 Å². The van der Waals surface area contributed by atoms with Crippen LogP contribution >= 0.6 is 0 Å². The van der Waals surface area contributed by atoms with Crippen molar-refractivity contribution in [2.45, 2.75) is 27.3 Å². The van der Waals surface area contributed by atoms with Crippen molar-refractivity contribution in [3.63, 3.8) is 0 Å². The largest absolute Gasteiger partial charge is 0.423 e. The van der Waals surface area contributed by atoms with Gasteiger partial charge >= 0.3 is 5.63 Å². The lowest BCUT2D eigenvalue weighted by Gasteiger charge is -2.10. The van der Waals surface area contributed by atoms with E-state index in [9.17, 15) is 9.59 Å². The highest BCUT2D eigenvalue weighted by atomic mass is 16.4. The SMILES string of the molecule is Cc1ccc(C(=O)NCc2cc(=O)oc3cc(C)c(C)cc23)cc1. The van der Waals surface area contributed by atoms with Crippen LogP contribution in [0.2, 0.25) is 0 Å². The van der Waals surface area contributed by atoms with Gasteiger partial charge < -0.3 is 9.73 Å². The van der Waals surface area contributed by atoms with Gasteiger partial charge in [0.05, 0.1) is 0 Å². The summed E-state index contributed by atoms with van der Waals surface area (Å²) < 4.78 is 5.27. The second-order valence-corrected chi connectivity index (χ2v) is 6.07. The molecule has 0 bridgehead atoms. The number of hydrogen-bond donors (Lipinski definition) is 1. The molecule has 122 valence electrons. The van der Waals surface area contributed by atoms with E-state index < -0.39 is 5.63 Å². The molecular formula is C20H19NO3. The normalized spacial score (nSPS) is 10.8. The van der Waals surface area contributed by atoms with Gasteiger partial charge in [0.25, 0.3) is 5.91 Å². The third-order valence-corrected chi connectivity index (χ3v) is 4.20. The first-order chi connectivity index (χ1) is 11.4. The monoisotopic (exact) mass is 321 g/mol. The standard InChI is InChI=1S/C20H19NO3/c1-12-4-6-15(7-5-12)20(23)21-11-16-10-19(22)24-18-9-14(3)13(2)8-17(16)18/h4-10H,11H2,1-3H3,(H,21,23). The molecule has 0 aliphatic carbocycles. The lowest BCUT2D eigenvalue weighted by Crippen LogP contribution is -2.23. The molecule has 0 spiro atoms. The van der Waals surface area contributed by atoms with E-state index in [-0.39, 0.29) is 12.5 Å². The van der Waals surface area contributed by atoms with Crippen molar-refractivity contribution >= 4 is 16.9 Å². The average molecular weight is 321 g/mol. The molecule has 4 heteroatoms. The molecule has 0 aliphatic heterocycles. The minimum Gasteiger partial charge on any atom is -0.423 e. The molecule has 0 atom stereocenters. The number of rotatable bonds is 3. The molecule has 1 heterocycles. The van der Waals surface area contributed by atoms with Crippen LogP contribution in [-0.2, 0) is 6.54 Å². The topological polar surface area (TPSA) is 59.3 Å². The van der Waals surface area contributed by atoms with Crippen LogP contribution < -0.4 is 10.9 Å². The van der Waals surface area contributed by atoms with Crippen molar-refractivity contribution in [2.24, 2.45) is 0 Å². The number of fused-ring (bicyclic) bond motifs is 1. The molecule has 2 aromatic carbocycles. The highest BCUT2D eigenvalue weighted by Gasteiger charge is 2.10. The van der Waals surface area contributed by atoms with Gasteiger partial charge in [0.15, 0.2) is 0 Å². The molecule has 4 nitrogen and oxygen atoms in total. The molecular weight excluding hydrogens is 302 g/mol. The van der Waals surface area contributed by atoms with Crippen molar-refractivity contribution in [1.29, 1.82) is 0 Å². The minimum atomic E-state index is -0.412. The first kappa shape index (κ1) is 16.0. The summed E-state index contributed by atoms with van der Waals surface area (Å²) in [6.07, 6.45) is 0. The summed E-state index contributed by atoms with van der Waals surface area (Å²) in [5.74, 6) is -0.166. The lowest BCUT2D eigenvalue weighted by atomic mass is 10.0. The Bertz CT molecular complexity index is 969. The number of benzene rings is 2. The van der Waals surface area contributed by atoms with Crippen LogP contribution in [0.1, 0.15) is 32.6 Å². The second kappa shape index (κ2) is 6.32. The molecule has 24 heavy (non-hydrogen) atoms. The summed E-state index contributed by atoms with van der Waals surface area (Å²) in [5, 5.41) is 3.72. The molecule has 0 saturated heterocycles. The fourth-order valence-corrected chi connectivity index (χ4v) is 2.61. The molecule has 1 aromatic heterocycles. The third-order valence-electron chi connectivity index (χ3n) is 4.20. The van der Waals surface area contributed by atoms with Gasteiger partial charge in [-0.25, -0.2) is 4.79 Å². The Morgan fingerprint density at radius 1 is 1.00 bits per heavy atom. The van der Waals surface area contributed by atoms with Gasteiger partial charge in [-0.05, 0) is 61.7 Å². The van der Waals surface area contributed by atoms with Gasteiger partial charge in [0, 0.05) is 23.6 Å². The van der Waals surface area contributed by atoms with E-state index in [1.165, 1.54) is 6.07 Å². The zero-order chi connectivity index (χ0) is 17.3. The van der Waals surface area contributed by atoms with E-state index in [1.807, 2.05) is 45.0 Å². The van der Waals surface area contributed by atoms with Gasteiger partial charge in [-0.15, -0.1) is 0 Å². The fourth-order valence-electron chi connectivity index (χ4n) is 2.61. The van der Waals surface area contributed by atoms with Crippen molar-refractivity contribution in [3.8, 4) is 0 Å². The van der Waals surface area contributed by atoms with Crippen LogP contribution in [0.3, 0.4) is 0 Å². The minimum absolute atomic E-state index is 0.166. The van der Waals surface area contributed by atoms with Gasteiger partial charge in [0.1, 0.15) is 5.58 Å². The molecule has 1 amide bonds. The van der Waals surface area contributed by atoms with E-state index in [1.54, 1.807) is 12.1 Å². The highest BCUT2D eigenvalue weighted by molar-refractivity contribution is 5.94. The van der Waals surface area contributed by atoms with Crippen molar-refractivity contribution in [3.05, 3.63) is 80.7 Å². The number of carbonyl (C=O) groups is 1. The summed E-state index contributed by atoms with van der Waals surface area (Å²) in [6, 6.07) is 12.7. The Hall–Kier alpha value is -2.88. The van der Waals surface area contributed by atoms with E-state index in [0.29, 0.717) is 11.1 Å². The van der Waals surface area contributed by atoms with Crippen LogP contribution in [0.4, 0.5) is 0 Å². The van der Waals surface area contributed by atoms with Crippen molar-refractivity contribution in [2.75, 3.05) is 0 Å². The summed E-state index contributed by atoms with van der Waals surface area (Å²) in [6.45, 7) is 6.23. The van der Waals surface area contributed by atoms with E-state index in [0.717, 1.165) is 27.6 Å². The molecule has 3 aromatic rings. The predicted molar refractivity (Wildman–Crippen MR) is 94.3 cm³/mol. The first-order valence-electron chi connectivity index (χ1n) is 7.83. The van der Waals surface area contributed by atoms with Gasteiger partial charge in [-0.1, -0.05) is 17.7 Å². The van der Waals surface area contributed by atoms with E-state index in [4.69, 9.17) is 4.42 Å². The van der Waals surface area contributed by atoms with Crippen LogP contribution in [0.15, 0.2) is 51.7 Å². The third kappa shape index (κ3) is 3.23. The van der Waals surface area contributed by atoms with E-state index in [2.05, 4.69) is 5.32 Å². The smallest absolute Gasteiger partial charge is 0.336 e. The summed E-state index contributed by atoms with van der Waals surface area (Å²) >= 11 is 0. The quantitative estimate of drug-likeness (QED) is 0.749. The number of amides is 1. The predicted octanol–water partition coefficient (Wildman–Crippen LogP) is 3.65. The zero-order valence-corrected chi connectivity index (χ0v) is 14.0. The van der Waals surface area contributed by atoms with Crippen molar-refractivity contribution in [1.82, 2.24) is 5.32 Å². The van der Waals surface area contributed by atoms with Crippen LogP contribution in [0.25, 0.3) is 11.0 Å². The Morgan fingerprint density at radius 3 is 2.38 bits per heavy atom. The van der Waals surface area contributed by atoms with E-state index >= 15 is 0 Å². The maximum Gasteiger partial charge on any atom is 0.336 e. The summed E-state index contributed by atoms with van der Waals surface area (Å²) in [4.78, 5) is 24.0. The Labute approximate surface area is 140 Å². The number of hydrogen-bond acceptors (Lipinski definition) is 3. The molecule has 0 unspecified atom stereocenters. The summed E-state index contributed by atoms with van der Waals surface area (Å²) in [5.41, 5.74) is 4.76. The number of nitrogens with one attached hydrogen (secondary N) is 1. The maximum atomic E-state index is 12.3. The Balaban J connectivity index is 1.89. The lowest BCUT2D eigenvalue weighted by molar-refractivity contribution is 0.0951. The second-order valence-electron chi connectivity index (χ2n) is 6.07. The van der Waals surface area contributed by atoms with Crippen LogP contribution in [0, 0.1) is 20.8 Å². The zero-order valence-electron chi connectivity index (χ0n) is 14.0. The molecule has 0 fully saturated rings. The Morgan fingerprint density at radius 2 is 1.67 bits per heavy atom. The van der Waals surface area contributed by atoms with Crippen LogP contribution in [0.5, 0.6) is 0 Å².